The number of carboxylic acids is 1. The summed E-state index contributed by atoms with van der Waals surface area (Å²) in [6.07, 6.45) is 5.36. The Labute approximate surface area is 146 Å². The van der Waals surface area contributed by atoms with E-state index in [0.29, 0.717) is 10.9 Å². The lowest BCUT2D eigenvalue weighted by atomic mass is 9.76. The number of anilines is 1. The van der Waals surface area contributed by atoms with Crippen LogP contribution in [0.5, 0.6) is 0 Å². The lowest BCUT2D eigenvalue weighted by Gasteiger charge is -2.38. The molecule has 0 radical (unpaired) electrons. The fraction of sp³-hybridized carbons (Fsp3) is 0.250. The predicted molar refractivity (Wildman–Crippen MR) is 95.9 cm³/mol. The molecule has 0 bridgehead atoms. The number of benzene rings is 2. The first-order valence-electron chi connectivity index (χ1n) is 8.11. The molecule has 1 heterocycles. The SMILES string of the molecule is Cc1cccc([C@@H]2Nc3c(Cl)cc(C(=O)O)cc3[C@H]3C=CC[C@@H]32)c1. The minimum absolute atomic E-state index is 0.172. The van der Waals surface area contributed by atoms with Crippen LogP contribution in [0.4, 0.5) is 5.69 Å². The second-order valence-corrected chi connectivity index (χ2v) is 7.02. The summed E-state index contributed by atoms with van der Waals surface area (Å²) < 4.78 is 0. The predicted octanol–water partition coefficient (Wildman–Crippen LogP) is 5.17. The average Bonchev–Trinajstić information content (AvgIpc) is 3.04. The Morgan fingerprint density at radius 3 is 2.88 bits per heavy atom. The van der Waals surface area contributed by atoms with Gasteiger partial charge in [0, 0.05) is 5.92 Å². The Bertz CT molecular complexity index is 859. The summed E-state index contributed by atoms with van der Waals surface area (Å²) in [4.78, 5) is 11.4. The molecule has 1 aliphatic heterocycles. The topological polar surface area (TPSA) is 49.3 Å². The number of hydrogen-bond acceptors (Lipinski definition) is 2. The second-order valence-electron chi connectivity index (χ2n) is 6.62. The van der Waals surface area contributed by atoms with Crippen LogP contribution in [0.2, 0.25) is 5.02 Å². The van der Waals surface area contributed by atoms with E-state index in [2.05, 4.69) is 48.7 Å². The molecule has 0 spiro atoms. The number of hydrogen-bond donors (Lipinski definition) is 2. The van der Waals surface area contributed by atoms with E-state index in [1.165, 1.54) is 17.2 Å². The zero-order valence-corrected chi connectivity index (χ0v) is 14.0. The van der Waals surface area contributed by atoms with Crippen molar-refractivity contribution < 1.29 is 9.90 Å². The van der Waals surface area contributed by atoms with Gasteiger partial charge in [-0.2, -0.15) is 0 Å². The zero-order chi connectivity index (χ0) is 16.8. The Hall–Kier alpha value is -2.26. The van der Waals surface area contributed by atoms with Crippen LogP contribution in [0.15, 0.2) is 48.6 Å². The molecule has 0 saturated carbocycles. The first-order valence-corrected chi connectivity index (χ1v) is 8.49. The second kappa shape index (κ2) is 5.67. The number of nitrogens with one attached hydrogen (secondary N) is 1. The first kappa shape index (κ1) is 15.3. The average molecular weight is 340 g/mol. The molecule has 3 nitrogen and oxygen atoms in total. The molecule has 2 aliphatic rings. The number of fused-ring (bicyclic) bond motifs is 3. The highest BCUT2D eigenvalue weighted by atomic mass is 35.5. The Balaban J connectivity index is 1.83. The van der Waals surface area contributed by atoms with Crippen molar-refractivity contribution in [3.05, 3.63) is 75.8 Å². The van der Waals surface area contributed by atoms with E-state index in [1.54, 1.807) is 6.07 Å². The maximum Gasteiger partial charge on any atom is 0.335 e. The molecule has 3 atom stereocenters. The number of halogens is 1. The summed E-state index contributed by atoms with van der Waals surface area (Å²) in [6, 6.07) is 12.0. The van der Waals surface area contributed by atoms with Gasteiger partial charge in [0.1, 0.15) is 0 Å². The third-order valence-corrected chi connectivity index (χ3v) is 5.37. The van der Waals surface area contributed by atoms with Crippen LogP contribution in [0.25, 0.3) is 0 Å². The fourth-order valence-electron chi connectivity index (χ4n) is 3.97. The van der Waals surface area contributed by atoms with Crippen molar-refractivity contribution in [2.75, 3.05) is 5.32 Å². The number of rotatable bonds is 2. The van der Waals surface area contributed by atoms with Crippen molar-refractivity contribution in [1.29, 1.82) is 0 Å². The minimum Gasteiger partial charge on any atom is -0.478 e. The molecule has 0 aromatic heterocycles. The van der Waals surface area contributed by atoms with Crippen LogP contribution in [-0.2, 0) is 0 Å². The molecule has 122 valence electrons. The highest BCUT2D eigenvalue weighted by Gasteiger charge is 2.39. The number of aromatic carboxylic acids is 1. The first-order chi connectivity index (χ1) is 11.5. The molecular formula is C20H18ClNO2. The van der Waals surface area contributed by atoms with Gasteiger partial charge in [0.25, 0.3) is 0 Å². The Kier molecular flexibility index (Phi) is 3.61. The quantitative estimate of drug-likeness (QED) is 0.742. The molecule has 2 aromatic rings. The van der Waals surface area contributed by atoms with Crippen molar-refractivity contribution in [2.45, 2.75) is 25.3 Å². The Morgan fingerprint density at radius 1 is 1.29 bits per heavy atom. The van der Waals surface area contributed by atoms with Crippen LogP contribution < -0.4 is 5.32 Å². The largest absolute Gasteiger partial charge is 0.478 e. The van der Waals surface area contributed by atoms with Crippen LogP contribution in [-0.4, -0.2) is 11.1 Å². The molecule has 0 fully saturated rings. The van der Waals surface area contributed by atoms with Gasteiger partial charge in [-0.05, 0) is 42.5 Å². The van der Waals surface area contributed by atoms with Gasteiger partial charge in [-0.15, -0.1) is 0 Å². The lowest BCUT2D eigenvalue weighted by molar-refractivity contribution is 0.0696. The number of aryl methyl sites for hydroxylation is 1. The van der Waals surface area contributed by atoms with E-state index in [4.69, 9.17) is 11.6 Å². The normalized spacial score (nSPS) is 24.2. The van der Waals surface area contributed by atoms with Crippen molar-refractivity contribution >= 4 is 23.3 Å². The van der Waals surface area contributed by atoms with Crippen LogP contribution in [0.3, 0.4) is 0 Å². The van der Waals surface area contributed by atoms with Crippen LogP contribution in [0, 0.1) is 12.8 Å². The number of allylic oxidation sites excluding steroid dienone is 2. The molecule has 0 unspecified atom stereocenters. The zero-order valence-electron chi connectivity index (χ0n) is 13.3. The van der Waals surface area contributed by atoms with E-state index in [0.717, 1.165) is 17.7 Å². The van der Waals surface area contributed by atoms with E-state index in [9.17, 15) is 9.90 Å². The number of carbonyl (C=O) groups is 1. The molecule has 2 aromatic carbocycles. The maximum atomic E-state index is 11.4. The van der Waals surface area contributed by atoms with Gasteiger partial charge in [-0.25, -0.2) is 4.79 Å². The summed E-state index contributed by atoms with van der Waals surface area (Å²) in [6.45, 7) is 2.09. The third-order valence-electron chi connectivity index (χ3n) is 5.07. The van der Waals surface area contributed by atoms with Crippen molar-refractivity contribution in [1.82, 2.24) is 0 Å². The van der Waals surface area contributed by atoms with E-state index >= 15 is 0 Å². The summed E-state index contributed by atoms with van der Waals surface area (Å²) in [5.41, 5.74) is 4.57. The monoisotopic (exact) mass is 339 g/mol. The van der Waals surface area contributed by atoms with Crippen molar-refractivity contribution in [2.24, 2.45) is 5.92 Å². The Morgan fingerprint density at radius 2 is 2.12 bits per heavy atom. The van der Waals surface area contributed by atoms with Crippen molar-refractivity contribution in [3.63, 3.8) is 0 Å². The molecule has 24 heavy (non-hydrogen) atoms. The summed E-state index contributed by atoms with van der Waals surface area (Å²) in [5, 5.41) is 13.4. The summed E-state index contributed by atoms with van der Waals surface area (Å²) in [5.74, 6) is -0.373. The summed E-state index contributed by atoms with van der Waals surface area (Å²) in [7, 11) is 0. The van der Waals surface area contributed by atoms with Gasteiger partial charge in [-0.3, -0.25) is 0 Å². The number of carboxylic acid groups (broad SMARTS) is 1. The maximum absolute atomic E-state index is 11.4. The third kappa shape index (κ3) is 2.40. The van der Waals surface area contributed by atoms with E-state index in [-0.39, 0.29) is 17.5 Å². The molecular weight excluding hydrogens is 322 g/mol. The highest BCUT2D eigenvalue weighted by molar-refractivity contribution is 6.33. The standard InChI is InChI=1S/C20H18ClNO2/c1-11-4-2-5-12(8-11)18-15-7-3-6-14(15)16-9-13(20(23)24)10-17(21)19(16)22-18/h2-6,8-10,14-15,18,22H,7H2,1H3,(H,23,24)/t14-,15-,18-/m0/s1. The lowest BCUT2D eigenvalue weighted by Crippen LogP contribution is -2.29. The smallest absolute Gasteiger partial charge is 0.335 e. The van der Waals surface area contributed by atoms with Gasteiger partial charge in [0.15, 0.2) is 0 Å². The van der Waals surface area contributed by atoms with Gasteiger partial charge >= 0.3 is 5.97 Å². The van der Waals surface area contributed by atoms with Crippen molar-refractivity contribution in [3.8, 4) is 0 Å². The van der Waals surface area contributed by atoms with Gasteiger partial charge in [-0.1, -0.05) is 53.6 Å². The fourth-order valence-corrected chi connectivity index (χ4v) is 4.25. The van der Waals surface area contributed by atoms with Crippen LogP contribution in [0.1, 0.15) is 45.4 Å². The van der Waals surface area contributed by atoms with Gasteiger partial charge in [0.2, 0.25) is 0 Å². The van der Waals surface area contributed by atoms with E-state index in [1.807, 2.05) is 0 Å². The van der Waals surface area contributed by atoms with Gasteiger partial charge < -0.3 is 10.4 Å². The molecule has 1 aliphatic carbocycles. The molecule has 0 saturated heterocycles. The summed E-state index contributed by atoms with van der Waals surface area (Å²) >= 11 is 6.42. The molecule has 4 rings (SSSR count). The minimum atomic E-state index is -0.945. The molecule has 2 N–H and O–H groups in total. The van der Waals surface area contributed by atoms with Gasteiger partial charge in [0.05, 0.1) is 22.3 Å². The van der Waals surface area contributed by atoms with Crippen LogP contribution >= 0.6 is 11.6 Å². The highest BCUT2D eigenvalue weighted by Crippen LogP contribution is 2.51. The molecule has 0 amide bonds. The molecule has 4 heteroatoms. The van der Waals surface area contributed by atoms with E-state index < -0.39 is 5.97 Å².